The number of amides is 1. The van der Waals surface area contributed by atoms with Gasteiger partial charge in [0.05, 0.1) is 5.71 Å². The molecular formula is C20H16N4O3. The summed E-state index contributed by atoms with van der Waals surface area (Å²) in [7, 11) is 0. The third kappa shape index (κ3) is 4.09. The topological polar surface area (TPSA) is 85.7 Å². The molecule has 2 heterocycles. The first-order valence-electron chi connectivity index (χ1n) is 8.42. The number of ether oxygens (including phenoxy) is 1. The van der Waals surface area contributed by atoms with E-state index in [1.54, 1.807) is 42.7 Å². The standard InChI is InChI=1S/C20H16N4O3/c25-19(18-13-17(24-27-18)14-6-2-1-3-7-14)23-15-8-4-9-16(12-15)26-20-21-10-5-11-22-20/h1-12,18H,13H2,(H,23,25)/t18-/m1/s1. The molecule has 1 N–H and O–H groups in total. The largest absolute Gasteiger partial charge is 0.424 e. The van der Waals surface area contributed by atoms with Gasteiger partial charge in [-0.05, 0) is 23.8 Å². The summed E-state index contributed by atoms with van der Waals surface area (Å²) in [6.07, 6.45) is 2.94. The first-order chi connectivity index (χ1) is 13.3. The van der Waals surface area contributed by atoms with Crippen molar-refractivity contribution >= 4 is 17.3 Å². The maximum Gasteiger partial charge on any atom is 0.321 e. The van der Waals surface area contributed by atoms with Crippen molar-refractivity contribution in [1.29, 1.82) is 0 Å². The molecule has 27 heavy (non-hydrogen) atoms. The van der Waals surface area contributed by atoms with Crippen LogP contribution in [0.25, 0.3) is 0 Å². The summed E-state index contributed by atoms with van der Waals surface area (Å²) < 4.78 is 5.57. The van der Waals surface area contributed by atoms with Gasteiger partial charge in [-0.3, -0.25) is 4.79 Å². The molecule has 7 nitrogen and oxygen atoms in total. The van der Waals surface area contributed by atoms with Gasteiger partial charge in [0.1, 0.15) is 5.75 Å². The molecule has 0 radical (unpaired) electrons. The number of benzene rings is 2. The lowest BCUT2D eigenvalue weighted by Gasteiger charge is -2.10. The van der Waals surface area contributed by atoms with Crippen LogP contribution in [-0.2, 0) is 9.63 Å². The molecule has 0 unspecified atom stereocenters. The summed E-state index contributed by atoms with van der Waals surface area (Å²) >= 11 is 0. The Hall–Kier alpha value is -3.74. The van der Waals surface area contributed by atoms with E-state index in [0.29, 0.717) is 17.9 Å². The van der Waals surface area contributed by atoms with Crippen molar-refractivity contribution in [3.05, 3.63) is 78.6 Å². The molecule has 1 aliphatic heterocycles. The van der Waals surface area contributed by atoms with E-state index >= 15 is 0 Å². The van der Waals surface area contributed by atoms with E-state index in [-0.39, 0.29) is 11.9 Å². The number of carbonyl (C=O) groups is 1. The second-order valence-electron chi connectivity index (χ2n) is 5.85. The van der Waals surface area contributed by atoms with Gasteiger partial charge < -0.3 is 14.9 Å². The fourth-order valence-electron chi connectivity index (χ4n) is 2.62. The summed E-state index contributed by atoms with van der Waals surface area (Å²) in [6.45, 7) is 0. The van der Waals surface area contributed by atoms with E-state index in [9.17, 15) is 4.79 Å². The third-order valence-electron chi connectivity index (χ3n) is 3.92. The van der Waals surface area contributed by atoms with Crippen LogP contribution in [0.5, 0.6) is 11.8 Å². The number of nitrogens with one attached hydrogen (secondary N) is 1. The minimum atomic E-state index is -0.665. The molecule has 0 aliphatic carbocycles. The first kappa shape index (κ1) is 16.7. The van der Waals surface area contributed by atoms with Crippen molar-refractivity contribution in [2.75, 3.05) is 5.32 Å². The quantitative estimate of drug-likeness (QED) is 0.754. The maximum atomic E-state index is 12.5. The van der Waals surface area contributed by atoms with Crippen molar-refractivity contribution in [3.63, 3.8) is 0 Å². The van der Waals surface area contributed by atoms with Gasteiger partial charge in [0, 0.05) is 30.6 Å². The van der Waals surface area contributed by atoms with Gasteiger partial charge in [-0.25, -0.2) is 9.97 Å². The van der Waals surface area contributed by atoms with Gasteiger partial charge in [0.25, 0.3) is 5.91 Å². The highest BCUT2D eigenvalue weighted by molar-refractivity contribution is 6.06. The van der Waals surface area contributed by atoms with E-state index in [1.807, 2.05) is 30.3 Å². The summed E-state index contributed by atoms with van der Waals surface area (Å²) in [5.41, 5.74) is 2.30. The smallest absolute Gasteiger partial charge is 0.321 e. The summed E-state index contributed by atoms with van der Waals surface area (Å²) in [5, 5.41) is 6.86. The fourth-order valence-corrected chi connectivity index (χ4v) is 2.62. The number of hydrogen-bond acceptors (Lipinski definition) is 6. The molecule has 0 saturated heterocycles. The van der Waals surface area contributed by atoms with Crippen molar-refractivity contribution in [3.8, 4) is 11.8 Å². The molecule has 4 rings (SSSR count). The lowest BCUT2D eigenvalue weighted by Crippen LogP contribution is -2.28. The number of rotatable bonds is 5. The Kier molecular flexibility index (Phi) is 4.74. The molecule has 2 aromatic carbocycles. The van der Waals surface area contributed by atoms with Gasteiger partial charge in [-0.1, -0.05) is 41.6 Å². The number of oxime groups is 1. The van der Waals surface area contributed by atoms with Crippen molar-refractivity contribution < 1.29 is 14.4 Å². The number of anilines is 1. The minimum Gasteiger partial charge on any atom is -0.424 e. The first-order valence-corrected chi connectivity index (χ1v) is 8.42. The maximum absolute atomic E-state index is 12.5. The number of hydrogen-bond donors (Lipinski definition) is 1. The van der Waals surface area contributed by atoms with Crippen LogP contribution in [-0.4, -0.2) is 27.7 Å². The highest BCUT2D eigenvalue weighted by Crippen LogP contribution is 2.23. The minimum absolute atomic E-state index is 0.237. The Bertz CT molecular complexity index is 961. The van der Waals surface area contributed by atoms with Crippen LogP contribution < -0.4 is 10.1 Å². The zero-order valence-corrected chi connectivity index (χ0v) is 14.3. The van der Waals surface area contributed by atoms with Crippen LogP contribution in [0, 0.1) is 0 Å². The monoisotopic (exact) mass is 360 g/mol. The normalized spacial score (nSPS) is 15.6. The summed E-state index contributed by atoms with van der Waals surface area (Å²) in [5.74, 6) is 0.255. The van der Waals surface area contributed by atoms with Crippen LogP contribution in [0.3, 0.4) is 0 Å². The van der Waals surface area contributed by atoms with Gasteiger partial charge in [0.15, 0.2) is 0 Å². The van der Waals surface area contributed by atoms with Crippen LogP contribution in [0.2, 0.25) is 0 Å². The van der Waals surface area contributed by atoms with E-state index < -0.39 is 6.10 Å². The van der Waals surface area contributed by atoms with Crippen molar-refractivity contribution in [2.24, 2.45) is 5.16 Å². The lowest BCUT2D eigenvalue weighted by atomic mass is 10.0. The Balaban J connectivity index is 1.38. The molecule has 1 amide bonds. The SMILES string of the molecule is O=C(Nc1cccc(Oc2ncccn2)c1)[C@H]1CC(c2ccccc2)=NO1. The van der Waals surface area contributed by atoms with Crippen molar-refractivity contribution in [2.45, 2.75) is 12.5 Å². The van der Waals surface area contributed by atoms with Crippen LogP contribution in [0.4, 0.5) is 5.69 Å². The Morgan fingerprint density at radius 2 is 1.85 bits per heavy atom. The molecule has 0 fully saturated rings. The zero-order chi connectivity index (χ0) is 18.5. The van der Waals surface area contributed by atoms with E-state index in [0.717, 1.165) is 11.3 Å². The number of aromatic nitrogens is 2. The van der Waals surface area contributed by atoms with E-state index in [2.05, 4.69) is 20.4 Å². The molecule has 0 saturated carbocycles. The Morgan fingerprint density at radius 3 is 2.67 bits per heavy atom. The molecule has 7 heteroatoms. The molecule has 3 aromatic rings. The van der Waals surface area contributed by atoms with Gasteiger partial charge in [-0.2, -0.15) is 0 Å². The second kappa shape index (κ2) is 7.65. The Labute approximate surface area is 155 Å². The zero-order valence-electron chi connectivity index (χ0n) is 14.3. The van der Waals surface area contributed by atoms with Gasteiger partial charge in [0.2, 0.25) is 6.10 Å². The predicted octanol–water partition coefficient (Wildman–Crippen LogP) is 3.40. The Morgan fingerprint density at radius 1 is 1.04 bits per heavy atom. The highest BCUT2D eigenvalue weighted by Gasteiger charge is 2.28. The molecular weight excluding hydrogens is 344 g/mol. The van der Waals surface area contributed by atoms with Crippen LogP contribution in [0.15, 0.2) is 78.2 Å². The average Bonchev–Trinajstić information content (AvgIpc) is 3.20. The average molecular weight is 360 g/mol. The molecule has 0 bridgehead atoms. The third-order valence-corrected chi connectivity index (χ3v) is 3.92. The summed E-state index contributed by atoms with van der Waals surface area (Å²) in [6, 6.07) is 18.6. The van der Waals surface area contributed by atoms with E-state index in [1.165, 1.54) is 0 Å². The van der Waals surface area contributed by atoms with Gasteiger partial charge >= 0.3 is 6.01 Å². The van der Waals surface area contributed by atoms with Crippen molar-refractivity contribution in [1.82, 2.24) is 9.97 Å². The number of carbonyl (C=O) groups excluding carboxylic acids is 1. The van der Waals surface area contributed by atoms with Gasteiger partial charge in [-0.15, -0.1) is 0 Å². The molecule has 134 valence electrons. The summed E-state index contributed by atoms with van der Waals surface area (Å²) in [4.78, 5) is 25.8. The molecule has 1 aliphatic rings. The highest BCUT2D eigenvalue weighted by atomic mass is 16.6. The molecule has 1 aromatic heterocycles. The fraction of sp³-hybridized carbons (Fsp3) is 0.100. The second-order valence-corrected chi connectivity index (χ2v) is 5.85. The molecule has 0 spiro atoms. The lowest BCUT2D eigenvalue weighted by molar-refractivity contribution is -0.125. The number of nitrogens with zero attached hydrogens (tertiary/aromatic N) is 3. The molecule has 1 atom stereocenters. The predicted molar refractivity (Wildman–Crippen MR) is 99.6 cm³/mol. The van der Waals surface area contributed by atoms with Crippen LogP contribution >= 0.6 is 0 Å². The van der Waals surface area contributed by atoms with Crippen LogP contribution in [0.1, 0.15) is 12.0 Å². The van der Waals surface area contributed by atoms with E-state index in [4.69, 9.17) is 9.57 Å².